The Labute approximate surface area is 316 Å². The zero-order chi connectivity index (χ0) is 36.6. The summed E-state index contributed by atoms with van der Waals surface area (Å²) < 4.78 is 6.90. The SMILES string of the molecule is N#Cc1ccc(-n2c3ccccc3c3c(C#N)cccc32)cc1-c1ccccc1-n1c2ccccc2c2cc(-n3c4ccccc4c4ccccc43)ccc21. The highest BCUT2D eigenvalue weighted by atomic mass is 15.0. The van der Waals surface area contributed by atoms with Crippen LogP contribution in [-0.4, -0.2) is 13.7 Å². The molecule has 0 N–H and O–H groups in total. The zero-order valence-electron chi connectivity index (χ0n) is 29.5. The molecular weight excluding hydrogens is 671 g/mol. The number of hydrogen-bond acceptors (Lipinski definition) is 2. The molecule has 0 spiro atoms. The van der Waals surface area contributed by atoms with Crippen molar-refractivity contribution in [3.8, 4) is 40.3 Å². The second-order valence-electron chi connectivity index (χ2n) is 13.9. The van der Waals surface area contributed by atoms with Crippen LogP contribution < -0.4 is 0 Å². The minimum Gasteiger partial charge on any atom is -0.309 e. The highest BCUT2D eigenvalue weighted by Crippen LogP contribution is 2.41. The fourth-order valence-corrected chi connectivity index (χ4v) is 8.84. The third-order valence-electron chi connectivity index (χ3n) is 11.1. The maximum atomic E-state index is 10.5. The molecule has 3 aromatic heterocycles. The van der Waals surface area contributed by atoms with Gasteiger partial charge in [-0.1, -0.05) is 97.1 Å². The Morgan fingerprint density at radius 3 is 1.51 bits per heavy atom. The molecule has 0 atom stereocenters. The Hall–Kier alpha value is -7.86. The van der Waals surface area contributed by atoms with Gasteiger partial charge >= 0.3 is 0 Å². The second-order valence-corrected chi connectivity index (χ2v) is 13.9. The molecule has 0 aliphatic heterocycles. The molecule has 254 valence electrons. The molecule has 8 aromatic carbocycles. The molecule has 0 aliphatic carbocycles. The first-order chi connectivity index (χ1) is 27.2. The number of rotatable bonds is 4. The number of para-hydroxylation sites is 5. The maximum absolute atomic E-state index is 10.5. The van der Waals surface area contributed by atoms with E-state index in [9.17, 15) is 10.5 Å². The van der Waals surface area contributed by atoms with Gasteiger partial charge < -0.3 is 13.7 Å². The van der Waals surface area contributed by atoms with Crippen LogP contribution in [0, 0.1) is 22.7 Å². The Morgan fingerprint density at radius 2 is 0.818 bits per heavy atom. The summed E-state index contributed by atoms with van der Waals surface area (Å²) in [4.78, 5) is 0. The number of fused-ring (bicyclic) bond motifs is 9. The lowest BCUT2D eigenvalue weighted by molar-refractivity contribution is 1.16. The van der Waals surface area contributed by atoms with Crippen molar-refractivity contribution in [3.63, 3.8) is 0 Å². The van der Waals surface area contributed by atoms with Gasteiger partial charge in [-0.25, -0.2) is 0 Å². The molecular formula is C50H29N5. The molecule has 0 amide bonds. The summed E-state index contributed by atoms with van der Waals surface area (Å²) in [6.45, 7) is 0. The van der Waals surface area contributed by atoms with E-state index in [1.54, 1.807) is 0 Å². The lowest BCUT2D eigenvalue weighted by Crippen LogP contribution is -2.00. The van der Waals surface area contributed by atoms with Crippen LogP contribution in [0.15, 0.2) is 176 Å². The van der Waals surface area contributed by atoms with E-state index in [2.05, 4.69) is 159 Å². The molecule has 3 heterocycles. The van der Waals surface area contributed by atoms with Gasteiger partial charge in [0.25, 0.3) is 0 Å². The lowest BCUT2D eigenvalue weighted by Gasteiger charge is -2.17. The van der Waals surface area contributed by atoms with Gasteiger partial charge in [-0.3, -0.25) is 0 Å². The molecule has 0 unspecified atom stereocenters. The van der Waals surface area contributed by atoms with Crippen molar-refractivity contribution in [2.45, 2.75) is 0 Å². The summed E-state index contributed by atoms with van der Waals surface area (Å²) in [7, 11) is 0. The minimum absolute atomic E-state index is 0.587. The van der Waals surface area contributed by atoms with Gasteiger partial charge in [-0.05, 0) is 78.9 Å². The van der Waals surface area contributed by atoms with E-state index >= 15 is 0 Å². The van der Waals surface area contributed by atoms with Crippen molar-refractivity contribution < 1.29 is 0 Å². The Balaban J connectivity index is 1.15. The summed E-state index contributed by atoms with van der Waals surface area (Å²) in [6.07, 6.45) is 0. The Kier molecular flexibility index (Phi) is 6.61. The highest BCUT2D eigenvalue weighted by Gasteiger charge is 2.21. The van der Waals surface area contributed by atoms with Crippen LogP contribution in [0.4, 0.5) is 0 Å². The Bertz CT molecular complexity index is 3420. The van der Waals surface area contributed by atoms with E-state index in [0.29, 0.717) is 11.1 Å². The molecule has 0 saturated heterocycles. The third-order valence-corrected chi connectivity index (χ3v) is 11.1. The number of aromatic nitrogens is 3. The lowest BCUT2D eigenvalue weighted by atomic mass is 9.97. The average Bonchev–Trinajstić information content (AvgIpc) is 3.89. The predicted molar refractivity (Wildman–Crippen MR) is 224 cm³/mol. The van der Waals surface area contributed by atoms with E-state index in [1.807, 2.05) is 42.5 Å². The van der Waals surface area contributed by atoms with E-state index in [-0.39, 0.29) is 0 Å². The first-order valence-electron chi connectivity index (χ1n) is 18.3. The van der Waals surface area contributed by atoms with Crippen LogP contribution in [0.2, 0.25) is 0 Å². The molecule has 5 heteroatoms. The van der Waals surface area contributed by atoms with E-state index < -0.39 is 0 Å². The molecule has 11 aromatic rings. The standard InChI is InChI=1S/C50H29N5/c51-30-32-24-25-34(54-47-22-10-5-17-40(47)50-33(31-52)12-11-23-49(50)54)28-41(32)38-15-3-8-20-45(38)55-46-21-9-4-16-39(46)42-29-35(26-27-48(42)55)53-43-18-6-1-13-36(43)37-14-2-7-19-44(37)53/h1-29H. The first kappa shape index (κ1) is 30.7. The van der Waals surface area contributed by atoms with Gasteiger partial charge in [0.2, 0.25) is 0 Å². The monoisotopic (exact) mass is 699 g/mol. The first-order valence-corrected chi connectivity index (χ1v) is 18.3. The van der Waals surface area contributed by atoms with Gasteiger partial charge in [0.1, 0.15) is 0 Å². The number of hydrogen-bond donors (Lipinski definition) is 0. The fraction of sp³-hybridized carbons (Fsp3) is 0. The average molecular weight is 700 g/mol. The van der Waals surface area contributed by atoms with Crippen LogP contribution in [0.3, 0.4) is 0 Å². The van der Waals surface area contributed by atoms with Crippen molar-refractivity contribution in [2.24, 2.45) is 0 Å². The molecule has 0 radical (unpaired) electrons. The summed E-state index contributed by atoms with van der Waals surface area (Å²) >= 11 is 0. The highest BCUT2D eigenvalue weighted by molar-refractivity contribution is 6.13. The maximum Gasteiger partial charge on any atom is 0.0998 e. The largest absolute Gasteiger partial charge is 0.309 e. The smallest absolute Gasteiger partial charge is 0.0998 e. The molecule has 0 bridgehead atoms. The summed E-state index contributed by atoms with van der Waals surface area (Å²) in [5.74, 6) is 0. The van der Waals surface area contributed by atoms with Crippen molar-refractivity contribution in [1.29, 1.82) is 10.5 Å². The quantitative estimate of drug-likeness (QED) is 0.184. The van der Waals surface area contributed by atoms with Crippen molar-refractivity contribution >= 4 is 65.4 Å². The number of benzene rings is 8. The summed E-state index contributed by atoms with van der Waals surface area (Å²) in [5, 5.41) is 27.3. The van der Waals surface area contributed by atoms with Crippen LogP contribution in [-0.2, 0) is 0 Å². The normalized spacial score (nSPS) is 11.6. The Morgan fingerprint density at radius 1 is 0.327 bits per heavy atom. The topological polar surface area (TPSA) is 62.4 Å². The predicted octanol–water partition coefficient (Wildman–Crippen LogP) is 12.4. The molecule has 5 nitrogen and oxygen atoms in total. The van der Waals surface area contributed by atoms with E-state index in [1.165, 1.54) is 21.8 Å². The second kappa shape index (κ2) is 11.8. The van der Waals surface area contributed by atoms with Gasteiger partial charge in [0, 0.05) is 54.8 Å². The van der Waals surface area contributed by atoms with Crippen LogP contribution in [0.5, 0.6) is 0 Å². The van der Waals surface area contributed by atoms with Crippen molar-refractivity contribution in [2.75, 3.05) is 0 Å². The molecule has 11 rings (SSSR count). The van der Waals surface area contributed by atoms with Crippen LogP contribution in [0.1, 0.15) is 11.1 Å². The fourth-order valence-electron chi connectivity index (χ4n) is 8.84. The molecule has 0 saturated carbocycles. The summed E-state index contributed by atoms with van der Waals surface area (Å²) in [5.41, 5.74) is 12.5. The van der Waals surface area contributed by atoms with E-state index in [0.717, 1.165) is 71.8 Å². The molecule has 0 fully saturated rings. The third kappa shape index (κ3) is 4.39. The molecule has 0 aliphatic rings. The number of nitrogens with zero attached hydrogens (tertiary/aromatic N) is 5. The van der Waals surface area contributed by atoms with Gasteiger partial charge in [0.15, 0.2) is 0 Å². The van der Waals surface area contributed by atoms with Crippen molar-refractivity contribution in [3.05, 3.63) is 187 Å². The van der Waals surface area contributed by atoms with Gasteiger partial charge in [-0.2, -0.15) is 10.5 Å². The minimum atomic E-state index is 0.587. The number of nitriles is 2. The van der Waals surface area contributed by atoms with Crippen molar-refractivity contribution in [1.82, 2.24) is 13.7 Å². The van der Waals surface area contributed by atoms with Crippen LogP contribution >= 0.6 is 0 Å². The zero-order valence-corrected chi connectivity index (χ0v) is 29.5. The van der Waals surface area contributed by atoms with E-state index in [4.69, 9.17) is 0 Å². The van der Waals surface area contributed by atoms with Gasteiger partial charge in [0.05, 0.1) is 62.1 Å². The van der Waals surface area contributed by atoms with Crippen LogP contribution in [0.25, 0.3) is 93.6 Å². The van der Waals surface area contributed by atoms with Gasteiger partial charge in [-0.15, -0.1) is 0 Å². The molecule has 55 heavy (non-hydrogen) atoms. The summed E-state index contributed by atoms with van der Waals surface area (Å²) in [6, 6.07) is 65.9.